The number of fused-ring (bicyclic) bond motifs is 1. The summed E-state index contributed by atoms with van der Waals surface area (Å²) in [6, 6.07) is 10.2. The molecule has 0 unspecified atom stereocenters. The van der Waals surface area contributed by atoms with Crippen molar-refractivity contribution in [2.45, 2.75) is 45.1 Å². The summed E-state index contributed by atoms with van der Waals surface area (Å²) in [7, 11) is 0. The van der Waals surface area contributed by atoms with Crippen molar-refractivity contribution in [3.8, 4) is 0 Å². The third kappa shape index (κ3) is 4.38. The topological polar surface area (TPSA) is 80.0 Å². The zero-order valence-electron chi connectivity index (χ0n) is 17.9. The molecule has 0 N–H and O–H groups in total. The van der Waals surface area contributed by atoms with E-state index in [1.54, 1.807) is 6.33 Å². The number of anilines is 1. The third-order valence-electron chi connectivity index (χ3n) is 6.63. The molecule has 3 heterocycles. The van der Waals surface area contributed by atoms with E-state index in [2.05, 4.69) is 37.3 Å². The van der Waals surface area contributed by atoms with Crippen LogP contribution in [0.15, 0.2) is 36.7 Å². The quantitative estimate of drug-likeness (QED) is 0.611. The summed E-state index contributed by atoms with van der Waals surface area (Å²) >= 11 is 0. The summed E-state index contributed by atoms with van der Waals surface area (Å²) in [6.07, 6.45) is 8.60. The van der Waals surface area contributed by atoms with E-state index in [0.29, 0.717) is 18.9 Å². The Morgan fingerprint density at radius 3 is 2.55 bits per heavy atom. The molecule has 0 atom stereocenters. The van der Waals surface area contributed by atoms with Crippen molar-refractivity contribution >= 4 is 22.9 Å². The zero-order valence-corrected chi connectivity index (χ0v) is 17.9. The summed E-state index contributed by atoms with van der Waals surface area (Å²) < 4.78 is 1.82. The first-order chi connectivity index (χ1) is 15.3. The van der Waals surface area contributed by atoms with E-state index < -0.39 is 0 Å². The monoisotopic (exact) mass is 419 g/mol. The van der Waals surface area contributed by atoms with Gasteiger partial charge in [0.25, 0.3) is 0 Å². The van der Waals surface area contributed by atoms with Gasteiger partial charge in [-0.1, -0.05) is 61.2 Å². The van der Waals surface area contributed by atoms with Crippen molar-refractivity contribution < 1.29 is 4.79 Å². The minimum Gasteiger partial charge on any atom is -0.351 e. The van der Waals surface area contributed by atoms with E-state index in [9.17, 15) is 4.79 Å². The highest BCUT2D eigenvalue weighted by atomic mass is 16.2. The van der Waals surface area contributed by atoms with E-state index in [1.807, 2.05) is 27.8 Å². The fourth-order valence-electron chi connectivity index (χ4n) is 4.83. The van der Waals surface area contributed by atoms with Crippen LogP contribution in [0.4, 0.5) is 5.82 Å². The number of hydrogen-bond acceptors (Lipinski definition) is 6. The number of nitrogens with zero attached hydrogens (tertiary/aromatic N) is 7. The summed E-state index contributed by atoms with van der Waals surface area (Å²) in [5, 5.41) is 8.71. The first kappa shape index (κ1) is 19.9. The average Bonchev–Trinajstić information content (AvgIpc) is 3.49. The van der Waals surface area contributed by atoms with Gasteiger partial charge in [-0.25, -0.2) is 14.6 Å². The molecule has 5 rings (SSSR count). The number of hydrogen-bond donors (Lipinski definition) is 0. The van der Waals surface area contributed by atoms with Gasteiger partial charge in [-0.2, -0.15) is 0 Å². The Bertz CT molecular complexity index is 1020. The summed E-state index contributed by atoms with van der Waals surface area (Å²) in [5.41, 5.74) is 2.61. The van der Waals surface area contributed by atoms with Crippen LogP contribution in [0.25, 0.3) is 11.2 Å². The van der Waals surface area contributed by atoms with Crippen molar-refractivity contribution in [3.05, 3.63) is 42.2 Å². The summed E-state index contributed by atoms with van der Waals surface area (Å²) in [5.74, 6) is 1.87. The van der Waals surface area contributed by atoms with Gasteiger partial charge in [0.1, 0.15) is 6.33 Å². The number of benzene rings is 1. The van der Waals surface area contributed by atoms with Crippen LogP contribution in [0, 0.1) is 5.92 Å². The number of rotatable bonds is 6. The molecule has 1 saturated heterocycles. The maximum atomic E-state index is 12.6. The minimum atomic E-state index is 0.299. The lowest BCUT2D eigenvalue weighted by Gasteiger charge is -2.35. The third-order valence-corrected chi connectivity index (χ3v) is 6.63. The smallest absolute Gasteiger partial charge is 0.222 e. The lowest BCUT2D eigenvalue weighted by molar-refractivity contribution is -0.131. The van der Waals surface area contributed by atoms with E-state index in [4.69, 9.17) is 0 Å². The van der Waals surface area contributed by atoms with Crippen molar-refractivity contribution in [2.75, 3.05) is 31.1 Å². The van der Waals surface area contributed by atoms with Gasteiger partial charge < -0.3 is 9.80 Å². The second-order valence-corrected chi connectivity index (χ2v) is 8.66. The largest absolute Gasteiger partial charge is 0.351 e. The normalized spacial score (nSPS) is 17.5. The lowest BCUT2D eigenvalue weighted by atomic mass is 10.0. The Labute approximate surface area is 182 Å². The van der Waals surface area contributed by atoms with Gasteiger partial charge in [0.2, 0.25) is 5.91 Å². The van der Waals surface area contributed by atoms with Crippen LogP contribution in [-0.4, -0.2) is 61.9 Å². The van der Waals surface area contributed by atoms with Gasteiger partial charge in [-0.05, 0) is 17.9 Å². The van der Waals surface area contributed by atoms with Gasteiger partial charge in [0, 0.05) is 32.6 Å². The number of carbonyl (C=O) groups excluding carboxylic acids is 1. The predicted octanol–water partition coefficient (Wildman–Crippen LogP) is 2.89. The molecule has 31 heavy (non-hydrogen) atoms. The predicted molar refractivity (Wildman–Crippen MR) is 119 cm³/mol. The van der Waals surface area contributed by atoms with Crippen molar-refractivity contribution in [1.29, 1.82) is 0 Å². The van der Waals surface area contributed by atoms with Crippen molar-refractivity contribution in [1.82, 2.24) is 29.9 Å². The molecule has 1 aromatic carbocycles. The Balaban J connectivity index is 1.23. The second-order valence-electron chi connectivity index (χ2n) is 8.66. The van der Waals surface area contributed by atoms with E-state index in [1.165, 1.54) is 25.7 Å². The van der Waals surface area contributed by atoms with Crippen LogP contribution in [0.5, 0.6) is 0 Å². The zero-order chi connectivity index (χ0) is 21.0. The summed E-state index contributed by atoms with van der Waals surface area (Å²) in [6.45, 7) is 3.59. The average molecular weight is 420 g/mol. The Kier molecular flexibility index (Phi) is 5.78. The maximum absolute atomic E-state index is 12.6. The van der Waals surface area contributed by atoms with Crippen LogP contribution in [-0.2, 0) is 11.3 Å². The number of aromatic nitrogens is 5. The standard InChI is InChI=1S/C23H29N7O/c31-20(11-10-18-6-4-5-7-18)28-12-14-29(15-13-28)22-21-23(25-17-24-22)30(27-26-21)16-19-8-2-1-3-9-19/h1-3,8-9,17-18H,4-7,10-16H2. The molecule has 2 aliphatic rings. The van der Waals surface area contributed by atoms with E-state index >= 15 is 0 Å². The van der Waals surface area contributed by atoms with Crippen LogP contribution in [0.3, 0.4) is 0 Å². The molecule has 0 bridgehead atoms. The molecular formula is C23H29N7O. The SMILES string of the molecule is O=C(CCC1CCCC1)N1CCN(c2ncnc3c2nnn3Cc2ccccc2)CC1. The molecule has 8 heteroatoms. The molecule has 2 aromatic heterocycles. The lowest BCUT2D eigenvalue weighted by Crippen LogP contribution is -2.49. The number of carbonyl (C=O) groups is 1. The summed E-state index contributed by atoms with van der Waals surface area (Å²) in [4.78, 5) is 25.8. The van der Waals surface area contributed by atoms with Gasteiger partial charge in [-0.3, -0.25) is 4.79 Å². The molecule has 8 nitrogen and oxygen atoms in total. The van der Waals surface area contributed by atoms with Crippen LogP contribution in [0.1, 0.15) is 44.1 Å². The fourth-order valence-corrected chi connectivity index (χ4v) is 4.83. The van der Waals surface area contributed by atoms with Gasteiger partial charge in [0.15, 0.2) is 17.0 Å². The van der Waals surface area contributed by atoms with Crippen LogP contribution >= 0.6 is 0 Å². The number of piperazine rings is 1. The maximum Gasteiger partial charge on any atom is 0.222 e. The minimum absolute atomic E-state index is 0.299. The highest BCUT2D eigenvalue weighted by molar-refractivity contribution is 5.83. The molecule has 162 valence electrons. The van der Waals surface area contributed by atoms with Gasteiger partial charge in [0.05, 0.1) is 6.54 Å². The van der Waals surface area contributed by atoms with E-state index in [-0.39, 0.29) is 0 Å². The molecule has 0 radical (unpaired) electrons. The molecule has 1 amide bonds. The fraction of sp³-hybridized carbons (Fsp3) is 0.522. The Morgan fingerprint density at radius 1 is 1.00 bits per heavy atom. The Morgan fingerprint density at radius 2 is 1.77 bits per heavy atom. The van der Waals surface area contributed by atoms with Gasteiger partial charge >= 0.3 is 0 Å². The molecule has 1 aliphatic heterocycles. The van der Waals surface area contributed by atoms with Crippen LogP contribution in [0.2, 0.25) is 0 Å². The van der Waals surface area contributed by atoms with Crippen LogP contribution < -0.4 is 4.90 Å². The molecule has 3 aromatic rings. The molecule has 1 saturated carbocycles. The highest BCUT2D eigenvalue weighted by Gasteiger charge is 2.25. The van der Waals surface area contributed by atoms with Gasteiger partial charge in [-0.15, -0.1) is 5.10 Å². The van der Waals surface area contributed by atoms with E-state index in [0.717, 1.165) is 61.1 Å². The number of amides is 1. The molecule has 1 aliphatic carbocycles. The van der Waals surface area contributed by atoms with Crippen molar-refractivity contribution in [3.63, 3.8) is 0 Å². The Hall–Kier alpha value is -3.03. The van der Waals surface area contributed by atoms with Crippen molar-refractivity contribution in [2.24, 2.45) is 5.92 Å². The second kappa shape index (κ2) is 8.99. The molecular weight excluding hydrogens is 390 g/mol. The molecule has 0 spiro atoms. The first-order valence-corrected chi connectivity index (χ1v) is 11.4. The molecule has 2 fully saturated rings. The first-order valence-electron chi connectivity index (χ1n) is 11.4. The highest BCUT2D eigenvalue weighted by Crippen LogP contribution is 2.29.